The van der Waals surface area contributed by atoms with Crippen LogP contribution in [-0.4, -0.2) is 0 Å². The van der Waals surface area contributed by atoms with Crippen molar-refractivity contribution in [2.75, 3.05) is 0 Å². The van der Waals surface area contributed by atoms with Crippen LogP contribution in [0.4, 0.5) is 0 Å². The highest BCUT2D eigenvalue weighted by Gasteiger charge is 2.46. The van der Waals surface area contributed by atoms with Gasteiger partial charge in [0.1, 0.15) is 0 Å². The first-order valence-corrected chi connectivity index (χ1v) is 30.5. The molecule has 13 aromatic carbocycles. The van der Waals surface area contributed by atoms with Crippen LogP contribution in [0.2, 0.25) is 0 Å². The van der Waals surface area contributed by atoms with Crippen molar-refractivity contribution in [3.63, 3.8) is 0 Å². The zero-order valence-electron chi connectivity index (χ0n) is 81.8. The molecule has 0 saturated heterocycles. The Morgan fingerprint density at radius 1 is 0.280 bits per heavy atom. The highest BCUT2D eigenvalue weighted by molar-refractivity contribution is 5.86. The lowest BCUT2D eigenvalue weighted by atomic mass is 9.58. The van der Waals surface area contributed by atoms with Crippen LogP contribution in [0.15, 0.2) is 278 Å². The molecule has 3 unspecified atom stereocenters. The van der Waals surface area contributed by atoms with E-state index in [1.165, 1.54) is 0 Å². The summed E-state index contributed by atoms with van der Waals surface area (Å²) >= 11 is 0. The normalized spacial score (nSPS) is 21.5. The highest BCUT2D eigenvalue weighted by Crippen LogP contribution is 2.62. The quantitative estimate of drug-likeness (QED) is 0.146. The summed E-state index contributed by atoms with van der Waals surface area (Å²) in [5, 5.41) is 0. The van der Waals surface area contributed by atoms with Gasteiger partial charge in [-0.3, -0.25) is 0 Å². The number of hydrogen-bond donors (Lipinski definition) is 0. The van der Waals surface area contributed by atoms with Crippen LogP contribution in [0.25, 0.3) is 44.5 Å². The Bertz CT molecular complexity index is 7160. The molecule has 0 radical (unpaired) electrons. The van der Waals surface area contributed by atoms with Gasteiger partial charge in [0.2, 0.25) is 0 Å². The van der Waals surface area contributed by atoms with E-state index in [0.29, 0.717) is 55.6 Å². The van der Waals surface area contributed by atoms with Gasteiger partial charge in [0.05, 0.1) is 43.9 Å². The molecular formula is C93H64. The smallest absolute Gasteiger partial charge is 0.0629 e. The van der Waals surface area contributed by atoms with Gasteiger partial charge in [0, 0.05) is 52.6 Å². The lowest BCUT2D eigenvalue weighted by Gasteiger charge is -2.44. The van der Waals surface area contributed by atoms with Crippen molar-refractivity contribution in [3.05, 3.63) is 412 Å². The van der Waals surface area contributed by atoms with E-state index in [1.54, 1.807) is 54.6 Å². The summed E-state index contributed by atoms with van der Waals surface area (Å²) in [6.45, 7) is 5.90. The minimum Gasteiger partial charge on any atom is -0.115 e. The van der Waals surface area contributed by atoms with Crippen molar-refractivity contribution in [2.24, 2.45) is 0 Å². The molecular weight excluding hydrogens is 1120 g/mol. The van der Waals surface area contributed by atoms with Crippen molar-refractivity contribution in [1.29, 1.82) is 0 Å². The molecule has 0 heterocycles. The lowest BCUT2D eigenvalue weighted by molar-refractivity contribution is 0.585. The average molecular weight is 1210 g/mol. The van der Waals surface area contributed by atoms with Crippen molar-refractivity contribution in [3.8, 4) is 69.2 Å². The molecule has 0 aromatic heterocycles. The standard InChI is InChI=1S/C93H64/c1-6-54-43-44-55(49-80(54)89-76-39-22-14-31-66(76)67-32-15-23-40-77(67)89)87-81-50-56(85-70-33-16-8-25-60(70)61-26-9-17-34-71(61)85)45-47-78(81)91-79-48-46-57(86-72-35-18-10-27-62(72)63-28-11-19-36-73(63)86)51-82(79)90(84-53-58(93(3,4)5)52-83(87)92(84)91)69-42-24-41-68(59(69)7-2)88-74-37-20-12-29-64(74)65-30-13-21-38-75(65)88/h1-2,8-53,85-91H,3-5H3/i8D,9D,10D,11D,12D,13D,14D,15D,16D,17D,18D,19D,20D,21D,22D,23D,25D,26D,27D,28D,29D,30D,31D,32D,33D,34D,35D,36D,37D,38D,39D,40D. The van der Waals surface area contributed by atoms with E-state index >= 15 is 0 Å². The predicted octanol–water partition coefficient (Wildman–Crippen LogP) is 21.8. The molecule has 0 nitrogen and oxygen atoms in total. The summed E-state index contributed by atoms with van der Waals surface area (Å²) in [4.78, 5) is 0. The van der Waals surface area contributed by atoms with Gasteiger partial charge in [-0.2, -0.15) is 0 Å². The molecule has 0 saturated carbocycles. The molecule has 0 N–H and O–H groups in total. The Balaban J connectivity index is 0.969. The van der Waals surface area contributed by atoms with Gasteiger partial charge in [-0.05, 0) is 178 Å². The molecule has 436 valence electrons. The number of hydrogen-bond acceptors (Lipinski definition) is 0. The van der Waals surface area contributed by atoms with Gasteiger partial charge in [0.15, 0.2) is 0 Å². The fourth-order valence-electron chi connectivity index (χ4n) is 16.1. The van der Waals surface area contributed by atoms with Gasteiger partial charge in [-0.15, -0.1) is 12.8 Å². The van der Waals surface area contributed by atoms with Crippen LogP contribution in [0.1, 0.15) is 240 Å². The summed E-state index contributed by atoms with van der Waals surface area (Å²) in [5.74, 6) is -3.20. The van der Waals surface area contributed by atoms with E-state index < -0.39 is 240 Å². The van der Waals surface area contributed by atoms with Gasteiger partial charge >= 0.3 is 0 Å². The largest absolute Gasteiger partial charge is 0.115 e. The van der Waals surface area contributed by atoms with Gasteiger partial charge in [-0.25, -0.2) is 0 Å². The fraction of sp³-hybridized carbons (Fsp3) is 0.118. The van der Waals surface area contributed by atoms with Crippen molar-refractivity contribution < 1.29 is 43.9 Å². The third kappa shape index (κ3) is 7.71. The number of rotatable bonds is 6. The summed E-state index contributed by atoms with van der Waals surface area (Å²) in [5.41, 5.74) is 3.12. The Morgan fingerprint density at radius 2 is 0.581 bits per heavy atom. The molecule has 0 spiro atoms. The molecule has 13 aromatic rings. The molecule has 0 amide bonds. The molecule has 19 rings (SSSR count). The molecule has 0 heteroatoms. The SMILES string of the molecule is [2H]c1c([2H])c([2H])c2c(c1[2H])-c1c([2H])c([2H])c([2H])c([2H])c1C2c1ccc2c(c1)C(c1ccc(C#C)c(C3c4c([2H])c([2H])c([2H])c([2H])c4-c4c([2H])c([2H])c([2H])c([2H])c43)c1)c1cc(C(C)(C)C)cc3c1C2c1ccc(C2c4c([2H])c([2H])c([2H])c([2H])c4-c4c([2H])c([2H])c([2H])c([2H])c42)cc1C3c1cccc(C2c3c([2H])c([2H])c([2H])c([2H])c3-c3c([2H])c([2H])c([2H])c([2H])c32)c1C#C. The van der Waals surface area contributed by atoms with Gasteiger partial charge in [-0.1, -0.05) is 305 Å². The first-order valence-electron chi connectivity index (χ1n) is 46.5. The first kappa shape index (κ1) is 30.9. The molecule has 0 fully saturated rings. The predicted molar refractivity (Wildman–Crippen MR) is 381 cm³/mol. The summed E-state index contributed by atoms with van der Waals surface area (Å²) < 4.78 is 300. The minimum absolute atomic E-state index is 0.0589. The maximum atomic E-state index is 9.78. The van der Waals surface area contributed by atoms with E-state index in [1.807, 2.05) is 51.1 Å². The monoisotopic (exact) mass is 1210 g/mol. The molecule has 6 aliphatic carbocycles. The summed E-state index contributed by atoms with van der Waals surface area (Å²) in [6.07, 6.45) is 13.7. The van der Waals surface area contributed by atoms with Gasteiger partial charge in [0.25, 0.3) is 0 Å². The summed E-state index contributed by atoms with van der Waals surface area (Å²) in [7, 11) is 0. The second kappa shape index (κ2) is 20.2. The summed E-state index contributed by atoms with van der Waals surface area (Å²) in [6, 6.07) is 5.18. The molecule has 0 aliphatic heterocycles. The molecule has 3 atom stereocenters. The van der Waals surface area contributed by atoms with Crippen LogP contribution in [0, 0.1) is 24.7 Å². The second-order valence-electron chi connectivity index (χ2n) is 25.4. The third-order valence-electron chi connectivity index (χ3n) is 20.0. The second-order valence-corrected chi connectivity index (χ2v) is 25.4. The van der Waals surface area contributed by atoms with Crippen molar-refractivity contribution >= 4 is 0 Å². The first-order chi connectivity index (χ1) is 59.0. The van der Waals surface area contributed by atoms with E-state index in [-0.39, 0.29) is 122 Å². The third-order valence-corrected chi connectivity index (χ3v) is 20.0. The minimum atomic E-state index is -1.44. The Morgan fingerprint density at radius 3 is 0.946 bits per heavy atom. The Kier molecular flexibility index (Phi) is 6.72. The van der Waals surface area contributed by atoms with E-state index in [2.05, 4.69) is 11.8 Å². The van der Waals surface area contributed by atoms with E-state index in [0.717, 1.165) is 0 Å². The zero-order chi connectivity index (χ0) is 89.8. The zero-order valence-corrected chi connectivity index (χ0v) is 49.8. The maximum Gasteiger partial charge on any atom is 0.0629 e. The lowest BCUT2D eigenvalue weighted by Crippen LogP contribution is -2.30. The van der Waals surface area contributed by atoms with Crippen molar-refractivity contribution in [2.45, 2.75) is 67.6 Å². The molecule has 0 bridgehead atoms. The molecule has 93 heavy (non-hydrogen) atoms. The van der Waals surface area contributed by atoms with Gasteiger partial charge < -0.3 is 0 Å². The van der Waals surface area contributed by atoms with Crippen LogP contribution in [0.5, 0.6) is 0 Å². The highest BCUT2D eigenvalue weighted by atomic mass is 14.5. The maximum absolute atomic E-state index is 9.78. The van der Waals surface area contributed by atoms with E-state index in [4.69, 9.17) is 23.8 Å². The topological polar surface area (TPSA) is 0 Å². The fourth-order valence-corrected chi connectivity index (χ4v) is 16.1. The van der Waals surface area contributed by atoms with Crippen LogP contribution in [-0.2, 0) is 5.41 Å². The number of terminal acetylenes is 2. The Labute approximate surface area is 591 Å². The van der Waals surface area contributed by atoms with Crippen LogP contribution >= 0.6 is 0 Å². The number of benzene rings is 13. The molecule has 6 aliphatic rings. The van der Waals surface area contributed by atoms with Crippen LogP contribution < -0.4 is 0 Å². The Hall–Kier alpha value is -11.0. The van der Waals surface area contributed by atoms with Crippen LogP contribution in [0.3, 0.4) is 0 Å². The van der Waals surface area contributed by atoms with E-state index in [9.17, 15) is 32.9 Å². The number of fused-ring (bicyclic) bond motifs is 16. The average Bonchev–Trinajstić information content (AvgIpc) is 1.64. The van der Waals surface area contributed by atoms with Crippen molar-refractivity contribution in [1.82, 2.24) is 0 Å².